The van der Waals surface area contributed by atoms with Crippen LogP contribution in [0.2, 0.25) is 0 Å². The summed E-state index contributed by atoms with van der Waals surface area (Å²) in [6, 6.07) is 6.95. The Balaban J connectivity index is 2.29. The van der Waals surface area contributed by atoms with Crippen LogP contribution in [-0.2, 0) is 10.0 Å². The number of rotatable bonds is 3. The Hall–Kier alpha value is -1.39. The molecule has 18 heavy (non-hydrogen) atoms. The number of sulfonamides is 1. The summed E-state index contributed by atoms with van der Waals surface area (Å²) in [6.45, 7) is 8.48. The lowest BCUT2D eigenvalue weighted by Crippen LogP contribution is -2.29. The molecule has 0 spiro atoms. The molecule has 0 N–H and O–H groups in total. The molecule has 1 aromatic rings. The van der Waals surface area contributed by atoms with Gasteiger partial charge >= 0.3 is 0 Å². The van der Waals surface area contributed by atoms with Crippen LogP contribution >= 0.6 is 0 Å². The minimum absolute atomic E-state index is 0.353. The third-order valence-corrected chi connectivity index (χ3v) is 5.02. The van der Waals surface area contributed by atoms with Crippen molar-refractivity contribution in [2.45, 2.75) is 18.7 Å². The molecular formula is C14H17NO2S. The van der Waals surface area contributed by atoms with Gasteiger partial charge in [-0.3, -0.25) is 0 Å². The molecule has 0 aromatic heterocycles. The largest absolute Gasteiger partial charge is 0.243 e. The Morgan fingerprint density at radius 1 is 1.17 bits per heavy atom. The normalized spacial score (nSPS) is 17.2. The van der Waals surface area contributed by atoms with E-state index in [1.807, 2.05) is 26.0 Å². The van der Waals surface area contributed by atoms with Crippen LogP contribution in [0.3, 0.4) is 0 Å². The van der Waals surface area contributed by atoms with Crippen LogP contribution in [0.25, 0.3) is 0 Å². The molecular weight excluding hydrogens is 246 g/mol. The van der Waals surface area contributed by atoms with E-state index in [1.54, 1.807) is 18.2 Å². The smallest absolute Gasteiger partial charge is 0.207 e. The van der Waals surface area contributed by atoms with Gasteiger partial charge < -0.3 is 0 Å². The van der Waals surface area contributed by atoms with Gasteiger partial charge in [0, 0.05) is 13.1 Å². The molecule has 2 rings (SSSR count). The molecule has 1 aliphatic rings. The van der Waals surface area contributed by atoms with Crippen molar-refractivity contribution in [2.24, 2.45) is 0 Å². The first-order chi connectivity index (χ1) is 8.45. The predicted molar refractivity (Wildman–Crippen MR) is 72.8 cm³/mol. The first-order valence-electron chi connectivity index (χ1n) is 5.83. The summed E-state index contributed by atoms with van der Waals surface area (Å²) >= 11 is 0. The summed E-state index contributed by atoms with van der Waals surface area (Å²) in [5.41, 5.74) is 3.13. The first kappa shape index (κ1) is 13.1. The lowest BCUT2D eigenvalue weighted by Gasteiger charge is -2.16. The third-order valence-electron chi connectivity index (χ3n) is 3.21. The van der Waals surface area contributed by atoms with E-state index in [0.29, 0.717) is 18.0 Å². The van der Waals surface area contributed by atoms with E-state index < -0.39 is 10.0 Å². The molecule has 3 nitrogen and oxygen atoms in total. The minimum Gasteiger partial charge on any atom is -0.207 e. The van der Waals surface area contributed by atoms with Crippen LogP contribution in [0.1, 0.15) is 12.5 Å². The highest BCUT2D eigenvalue weighted by molar-refractivity contribution is 7.89. The van der Waals surface area contributed by atoms with E-state index in [0.717, 1.165) is 16.7 Å². The highest BCUT2D eigenvalue weighted by Gasteiger charge is 2.29. The highest BCUT2D eigenvalue weighted by atomic mass is 32.2. The van der Waals surface area contributed by atoms with E-state index in [1.165, 1.54) is 4.31 Å². The summed E-state index contributed by atoms with van der Waals surface area (Å²) in [6.07, 6.45) is 1.74. The summed E-state index contributed by atoms with van der Waals surface area (Å²) in [7, 11) is -3.39. The predicted octanol–water partition coefficient (Wildman–Crippen LogP) is 2.50. The average molecular weight is 263 g/mol. The Morgan fingerprint density at radius 3 is 2.28 bits per heavy atom. The molecule has 0 amide bonds. The number of aryl methyl sites for hydroxylation is 1. The Kier molecular flexibility index (Phi) is 3.41. The molecule has 0 aliphatic carbocycles. The van der Waals surface area contributed by atoms with E-state index in [-0.39, 0.29) is 0 Å². The zero-order valence-corrected chi connectivity index (χ0v) is 11.5. The van der Waals surface area contributed by atoms with Crippen molar-refractivity contribution in [3.05, 3.63) is 53.6 Å². The number of hydrogen-bond acceptors (Lipinski definition) is 2. The van der Waals surface area contributed by atoms with E-state index in [9.17, 15) is 8.42 Å². The van der Waals surface area contributed by atoms with Crippen molar-refractivity contribution in [1.82, 2.24) is 4.31 Å². The second kappa shape index (κ2) is 4.71. The third kappa shape index (κ3) is 2.26. The van der Waals surface area contributed by atoms with Gasteiger partial charge in [-0.05, 0) is 31.6 Å². The quantitative estimate of drug-likeness (QED) is 0.840. The van der Waals surface area contributed by atoms with Crippen molar-refractivity contribution >= 4 is 10.0 Å². The van der Waals surface area contributed by atoms with Gasteiger partial charge in [0.05, 0.1) is 4.90 Å². The summed E-state index contributed by atoms with van der Waals surface area (Å²) < 4.78 is 26.3. The maximum Gasteiger partial charge on any atom is 0.243 e. The van der Waals surface area contributed by atoms with E-state index in [2.05, 4.69) is 6.58 Å². The SMILES string of the molecule is C=CC1=C(C)CN(S(=O)(=O)c2ccc(C)cc2)C1. The summed E-state index contributed by atoms with van der Waals surface area (Å²) in [5, 5.41) is 0. The van der Waals surface area contributed by atoms with Crippen LogP contribution in [0.4, 0.5) is 0 Å². The second-order valence-electron chi connectivity index (χ2n) is 4.60. The van der Waals surface area contributed by atoms with Gasteiger partial charge in [-0.2, -0.15) is 4.31 Å². The molecule has 1 aromatic carbocycles. The van der Waals surface area contributed by atoms with Crippen LogP contribution in [-0.4, -0.2) is 25.8 Å². The molecule has 0 saturated carbocycles. The Morgan fingerprint density at radius 2 is 1.78 bits per heavy atom. The average Bonchev–Trinajstić information content (AvgIpc) is 2.72. The molecule has 0 atom stereocenters. The van der Waals surface area contributed by atoms with Crippen molar-refractivity contribution in [3.8, 4) is 0 Å². The van der Waals surface area contributed by atoms with Crippen molar-refractivity contribution in [2.75, 3.05) is 13.1 Å². The van der Waals surface area contributed by atoms with Gasteiger partial charge in [0.1, 0.15) is 0 Å². The summed E-state index contributed by atoms with van der Waals surface area (Å²) in [5.74, 6) is 0. The molecule has 0 bridgehead atoms. The van der Waals surface area contributed by atoms with Crippen molar-refractivity contribution in [3.63, 3.8) is 0 Å². The maximum absolute atomic E-state index is 12.4. The van der Waals surface area contributed by atoms with Crippen LogP contribution in [0.15, 0.2) is 53.0 Å². The van der Waals surface area contributed by atoms with Crippen LogP contribution in [0.5, 0.6) is 0 Å². The standard InChI is InChI=1S/C14H17NO2S/c1-4-13-10-15(9-12(13)3)18(16,17)14-7-5-11(2)6-8-14/h4-8H,1,9-10H2,2-3H3. The van der Waals surface area contributed by atoms with Crippen molar-refractivity contribution < 1.29 is 8.42 Å². The maximum atomic E-state index is 12.4. The van der Waals surface area contributed by atoms with Gasteiger partial charge in [0.25, 0.3) is 0 Å². The molecule has 96 valence electrons. The van der Waals surface area contributed by atoms with Crippen LogP contribution in [0, 0.1) is 6.92 Å². The topological polar surface area (TPSA) is 37.4 Å². The lowest BCUT2D eigenvalue weighted by molar-refractivity contribution is 0.482. The monoisotopic (exact) mass is 263 g/mol. The van der Waals surface area contributed by atoms with Gasteiger partial charge in [-0.25, -0.2) is 8.42 Å². The summed E-state index contributed by atoms with van der Waals surface area (Å²) in [4.78, 5) is 0.353. The van der Waals surface area contributed by atoms with Crippen molar-refractivity contribution in [1.29, 1.82) is 0 Å². The van der Waals surface area contributed by atoms with E-state index >= 15 is 0 Å². The van der Waals surface area contributed by atoms with Gasteiger partial charge in [-0.15, -0.1) is 0 Å². The number of hydrogen-bond donors (Lipinski definition) is 0. The molecule has 4 heteroatoms. The lowest BCUT2D eigenvalue weighted by atomic mass is 10.2. The van der Waals surface area contributed by atoms with Gasteiger partial charge in [0.15, 0.2) is 0 Å². The molecule has 0 fully saturated rings. The van der Waals surface area contributed by atoms with E-state index in [4.69, 9.17) is 0 Å². The highest BCUT2D eigenvalue weighted by Crippen LogP contribution is 2.25. The Bertz CT molecular complexity index is 597. The number of benzene rings is 1. The zero-order valence-electron chi connectivity index (χ0n) is 10.7. The van der Waals surface area contributed by atoms with Gasteiger partial charge in [-0.1, -0.05) is 35.9 Å². The fraction of sp³-hybridized carbons (Fsp3) is 0.286. The first-order valence-corrected chi connectivity index (χ1v) is 7.27. The zero-order chi connectivity index (χ0) is 13.3. The molecule has 0 saturated heterocycles. The Labute approximate surface area is 108 Å². The van der Waals surface area contributed by atoms with Gasteiger partial charge in [0.2, 0.25) is 10.0 Å². The fourth-order valence-corrected chi connectivity index (χ4v) is 3.47. The minimum atomic E-state index is -3.39. The number of nitrogens with zero attached hydrogens (tertiary/aromatic N) is 1. The van der Waals surface area contributed by atoms with Crippen LogP contribution < -0.4 is 0 Å². The molecule has 0 unspecified atom stereocenters. The molecule has 1 aliphatic heterocycles. The molecule has 0 radical (unpaired) electrons. The molecule has 1 heterocycles. The fourth-order valence-electron chi connectivity index (χ4n) is 2.01. The second-order valence-corrected chi connectivity index (χ2v) is 6.53.